The van der Waals surface area contributed by atoms with Gasteiger partial charge in [0.05, 0.1) is 10.2 Å². The van der Waals surface area contributed by atoms with Crippen molar-refractivity contribution in [1.82, 2.24) is 9.97 Å². The predicted octanol–water partition coefficient (Wildman–Crippen LogP) is 3.10. The van der Waals surface area contributed by atoms with E-state index in [9.17, 15) is 0 Å². The third-order valence-corrected chi connectivity index (χ3v) is 5.24. The summed E-state index contributed by atoms with van der Waals surface area (Å²) in [5, 5.41) is 2.18. The highest BCUT2D eigenvalue weighted by Crippen LogP contribution is 2.34. The van der Waals surface area contributed by atoms with Gasteiger partial charge in [0.1, 0.15) is 12.1 Å². The highest BCUT2D eigenvalue weighted by atomic mass is 32.1. The Hall–Kier alpha value is -1.20. The molecule has 2 aromatic heterocycles. The van der Waals surface area contributed by atoms with E-state index < -0.39 is 0 Å². The molecule has 0 bridgehead atoms. The second-order valence-electron chi connectivity index (χ2n) is 5.57. The van der Waals surface area contributed by atoms with Crippen molar-refractivity contribution < 1.29 is 0 Å². The van der Waals surface area contributed by atoms with Gasteiger partial charge >= 0.3 is 0 Å². The second-order valence-corrected chi connectivity index (χ2v) is 6.45. The maximum absolute atomic E-state index is 5.71. The number of aryl methyl sites for hydroxylation is 1. The summed E-state index contributed by atoms with van der Waals surface area (Å²) in [5.74, 6) is 1.12. The molecule has 3 rings (SSSR count). The molecule has 108 valence electrons. The summed E-state index contributed by atoms with van der Waals surface area (Å²) in [5.41, 5.74) is 8.07. The van der Waals surface area contributed by atoms with Crippen LogP contribution in [0.1, 0.15) is 37.7 Å². The summed E-state index contributed by atoms with van der Waals surface area (Å²) < 4.78 is 1.23. The van der Waals surface area contributed by atoms with Gasteiger partial charge in [0, 0.05) is 12.6 Å². The smallest absolute Gasteiger partial charge is 0.150 e. The van der Waals surface area contributed by atoms with E-state index in [2.05, 4.69) is 27.2 Å². The van der Waals surface area contributed by atoms with Crippen molar-refractivity contribution in [3.8, 4) is 0 Å². The molecule has 0 aliphatic heterocycles. The minimum absolute atomic E-state index is 0.627. The normalized spacial score (nSPS) is 16.1. The van der Waals surface area contributed by atoms with E-state index in [4.69, 9.17) is 5.73 Å². The summed E-state index contributed by atoms with van der Waals surface area (Å²) in [6, 6.07) is 0.627. The molecule has 0 amide bonds. The first-order valence-electron chi connectivity index (χ1n) is 7.46. The summed E-state index contributed by atoms with van der Waals surface area (Å²) in [6.45, 7) is 3.86. The van der Waals surface area contributed by atoms with Gasteiger partial charge in [0.15, 0.2) is 0 Å². The van der Waals surface area contributed by atoms with Crippen LogP contribution >= 0.6 is 11.3 Å². The Morgan fingerprint density at radius 1 is 1.35 bits per heavy atom. The van der Waals surface area contributed by atoms with Gasteiger partial charge in [-0.25, -0.2) is 9.97 Å². The molecule has 1 fully saturated rings. The van der Waals surface area contributed by atoms with E-state index in [1.54, 1.807) is 17.7 Å². The molecule has 0 unspecified atom stereocenters. The third kappa shape index (κ3) is 2.52. The first-order valence-corrected chi connectivity index (χ1v) is 8.34. The molecular weight excluding hydrogens is 268 g/mol. The van der Waals surface area contributed by atoms with Crippen molar-refractivity contribution in [2.45, 2.75) is 45.1 Å². The Bertz CT molecular complexity index is 574. The van der Waals surface area contributed by atoms with Crippen molar-refractivity contribution in [2.24, 2.45) is 5.73 Å². The molecule has 5 heteroatoms. The standard InChI is InChI=1S/C15H22N4S/c1-11-9-20-14-13(11)17-10-18-15(14)19(8-4-7-16)12-5-2-3-6-12/h9-10,12H,2-8,16H2,1H3. The summed E-state index contributed by atoms with van der Waals surface area (Å²) in [4.78, 5) is 11.5. The lowest BCUT2D eigenvalue weighted by atomic mass is 10.2. The zero-order valence-electron chi connectivity index (χ0n) is 12.0. The quantitative estimate of drug-likeness (QED) is 0.919. The van der Waals surface area contributed by atoms with Crippen LogP contribution in [-0.2, 0) is 0 Å². The summed E-state index contributed by atoms with van der Waals surface area (Å²) in [7, 11) is 0. The fourth-order valence-corrected chi connectivity index (χ4v) is 4.11. The minimum atomic E-state index is 0.627. The van der Waals surface area contributed by atoms with E-state index >= 15 is 0 Å². The number of fused-ring (bicyclic) bond motifs is 1. The van der Waals surface area contributed by atoms with Gasteiger partial charge in [-0.3, -0.25) is 0 Å². The van der Waals surface area contributed by atoms with E-state index in [1.807, 2.05) is 0 Å². The number of nitrogens with two attached hydrogens (primary N) is 1. The molecular formula is C15H22N4S. The second kappa shape index (κ2) is 6.06. The first kappa shape index (κ1) is 13.8. The van der Waals surface area contributed by atoms with Crippen LogP contribution in [-0.4, -0.2) is 29.1 Å². The van der Waals surface area contributed by atoms with Gasteiger partial charge in [-0.1, -0.05) is 12.8 Å². The van der Waals surface area contributed by atoms with Gasteiger partial charge in [-0.15, -0.1) is 11.3 Å². The minimum Gasteiger partial charge on any atom is -0.352 e. The molecule has 1 aliphatic carbocycles. The SMILES string of the molecule is Cc1csc2c(N(CCCN)C3CCCC3)ncnc12. The van der Waals surface area contributed by atoms with E-state index in [-0.39, 0.29) is 0 Å². The van der Waals surface area contributed by atoms with Gasteiger partial charge in [-0.2, -0.15) is 0 Å². The lowest BCUT2D eigenvalue weighted by Crippen LogP contribution is -2.35. The Kier molecular flexibility index (Phi) is 4.17. The largest absolute Gasteiger partial charge is 0.352 e. The average Bonchev–Trinajstić information content (AvgIpc) is 3.11. The van der Waals surface area contributed by atoms with Crippen LogP contribution in [0.5, 0.6) is 0 Å². The summed E-state index contributed by atoms with van der Waals surface area (Å²) >= 11 is 1.76. The van der Waals surface area contributed by atoms with Crippen molar-refractivity contribution in [3.05, 3.63) is 17.3 Å². The van der Waals surface area contributed by atoms with Crippen LogP contribution in [0.4, 0.5) is 5.82 Å². The topological polar surface area (TPSA) is 55.0 Å². The highest BCUT2D eigenvalue weighted by molar-refractivity contribution is 7.18. The van der Waals surface area contributed by atoms with Crippen molar-refractivity contribution in [1.29, 1.82) is 0 Å². The van der Waals surface area contributed by atoms with Gasteiger partial charge in [0.2, 0.25) is 0 Å². The number of hydrogen-bond acceptors (Lipinski definition) is 5. The molecule has 0 saturated heterocycles. The van der Waals surface area contributed by atoms with Crippen molar-refractivity contribution >= 4 is 27.4 Å². The molecule has 2 aromatic rings. The Morgan fingerprint density at radius 3 is 2.90 bits per heavy atom. The lowest BCUT2D eigenvalue weighted by Gasteiger charge is -2.30. The van der Waals surface area contributed by atoms with Crippen LogP contribution in [0.2, 0.25) is 0 Å². The van der Waals surface area contributed by atoms with Crippen LogP contribution < -0.4 is 10.6 Å². The highest BCUT2D eigenvalue weighted by Gasteiger charge is 2.25. The molecule has 0 aromatic carbocycles. The number of anilines is 1. The molecule has 1 aliphatic rings. The average molecular weight is 290 g/mol. The Labute approximate surface area is 124 Å². The monoisotopic (exact) mass is 290 g/mol. The molecule has 2 heterocycles. The van der Waals surface area contributed by atoms with Gasteiger partial charge in [-0.05, 0) is 43.7 Å². The molecule has 4 nitrogen and oxygen atoms in total. The maximum atomic E-state index is 5.71. The zero-order valence-corrected chi connectivity index (χ0v) is 12.8. The molecule has 1 saturated carbocycles. The Balaban J connectivity index is 1.99. The number of hydrogen-bond donors (Lipinski definition) is 1. The van der Waals surface area contributed by atoms with E-state index in [0.29, 0.717) is 6.04 Å². The van der Waals surface area contributed by atoms with Crippen molar-refractivity contribution in [2.75, 3.05) is 18.0 Å². The fourth-order valence-electron chi connectivity index (χ4n) is 3.10. The van der Waals surface area contributed by atoms with Crippen LogP contribution in [0, 0.1) is 6.92 Å². The lowest BCUT2D eigenvalue weighted by molar-refractivity contribution is 0.589. The molecule has 20 heavy (non-hydrogen) atoms. The van der Waals surface area contributed by atoms with E-state index in [1.165, 1.54) is 35.9 Å². The number of thiophene rings is 1. The Morgan fingerprint density at radius 2 is 2.15 bits per heavy atom. The third-order valence-electron chi connectivity index (χ3n) is 4.15. The maximum Gasteiger partial charge on any atom is 0.150 e. The molecule has 0 radical (unpaired) electrons. The van der Waals surface area contributed by atoms with Crippen LogP contribution in [0.25, 0.3) is 10.2 Å². The van der Waals surface area contributed by atoms with Crippen LogP contribution in [0.15, 0.2) is 11.7 Å². The van der Waals surface area contributed by atoms with Crippen molar-refractivity contribution in [3.63, 3.8) is 0 Å². The number of aromatic nitrogens is 2. The van der Waals surface area contributed by atoms with Crippen LogP contribution in [0.3, 0.4) is 0 Å². The molecule has 2 N–H and O–H groups in total. The molecule has 0 spiro atoms. The van der Waals surface area contributed by atoms with Gasteiger partial charge < -0.3 is 10.6 Å². The summed E-state index contributed by atoms with van der Waals surface area (Å²) in [6.07, 6.45) is 7.96. The predicted molar refractivity (Wildman–Crippen MR) is 85.4 cm³/mol. The number of rotatable bonds is 5. The number of nitrogens with zero attached hydrogens (tertiary/aromatic N) is 3. The fraction of sp³-hybridized carbons (Fsp3) is 0.600. The zero-order chi connectivity index (χ0) is 13.9. The van der Waals surface area contributed by atoms with E-state index in [0.717, 1.165) is 30.8 Å². The molecule has 0 atom stereocenters. The first-order chi connectivity index (χ1) is 9.81. The van der Waals surface area contributed by atoms with Gasteiger partial charge in [0.25, 0.3) is 0 Å².